The van der Waals surface area contributed by atoms with Gasteiger partial charge in [0.25, 0.3) is 0 Å². The fourth-order valence-corrected chi connectivity index (χ4v) is 3.25. The molecule has 0 fully saturated rings. The molecule has 2 aromatic rings. The Morgan fingerprint density at radius 3 is 2.81 bits per heavy atom. The molecule has 0 aromatic carbocycles. The Balaban J connectivity index is 1.90. The fourth-order valence-electron chi connectivity index (χ4n) is 2.08. The van der Waals surface area contributed by atoms with E-state index in [1.54, 1.807) is 17.8 Å². The Morgan fingerprint density at radius 1 is 1.48 bits per heavy atom. The van der Waals surface area contributed by atoms with E-state index in [4.69, 9.17) is 5.11 Å². The number of nitrogens with zero attached hydrogens (tertiary/aromatic N) is 2. The van der Waals surface area contributed by atoms with Crippen LogP contribution in [0.15, 0.2) is 23.4 Å². The van der Waals surface area contributed by atoms with E-state index in [9.17, 15) is 8.42 Å². The number of nitrogens with one attached hydrogen (secondary N) is 2. The smallest absolute Gasteiger partial charge is 0.242 e. The zero-order valence-corrected chi connectivity index (χ0v) is 12.9. The van der Waals surface area contributed by atoms with E-state index in [0.29, 0.717) is 18.7 Å². The topological polar surface area (TPSA) is 100 Å². The van der Waals surface area contributed by atoms with Gasteiger partial charge in [-0.25, -0.2) is 13.1 Å². The SMILES string of the molecule is Cc1[nH]ncc1CCCNS(=O)(=O)c1cc(CO)n(C)c1. The highest BCUT2D eigenvalue weighted by molar-refractivity contribution is 7.89. The highest BCUT2D eigenvalue weighted by Gasteiger charge is 2.16. The molecule has 116 valence electrons. The van der Waals surface area contributed by atoms with Crippen molar-refractivity contribution in [3.8, 4) is 0 Å². The fraction of sp³-hybridized carbons (Fsp3) is 0.462. The van der Waals surface area contributed by atoms with Crippen LogP contribution in [0.1, 0.15) is 23.4 Å². The van der Waals surface area contributed by atoms with Crippen LogP contribution in [0.3, 0.4) is 0 Å². The predicted octanol–water partition coefficient (Wildman–Crippen LogP) is 0.460. The van der Waals surface area contributed by atoms with Crippen molar-refractivity contribution in [2.75, 3.05) is 6.54 Å². The summed E-state index contributed by atoms with van der Waals surface area (Å²) in [5, 5.41) is 15.9. The van der Waals surface area contributed by atoms with Crippen LogP contribution in [0, 0.1) is 6.92 Å². The van der Waals surface area contributed by atoms with Gasteiger partial charge in [-0.15, -0.1) is 0 Å². The molecule has 0 aliphatic carbocycles. The van der Waals surface area contributed by atoms with Crippen LogP contribution in [0.5, 0.6) is 0 Å². The second kappa shape index (κ2) is 6.42. The molecule has 0 aliphatic rings. The highest BCUT2D eigenvalue weighted by Crippen LogP contribution is 2.13. The normalized spacial score (nSPS) is 12.0. The minimum atomic E-state index is -3.53. The number of aliphatic hydroxyl groups excluding tert-OH is 1. The van der Waals surface area contributed by atoms with E-state index in [0.717, 1.165) is 17.7 Å². The summed E-state index contributed by atoms with van der Waals surface area (Å²) in [4.78, 5) is 0.175. The Morgan fingerprint density at radius 2 is 2.24 bits per heavy atom. The highest BCUT2D eigenvalue weighted by atomic mass is 32.2. The number of aromatic nitrogens is 3. The second-order valence-corrected chi connectivity index (χ2v) is 6.72. The predicted molar refractivity (Wildman–Crippen MR) is 78.2 cm³/mol. The Labute approximate surface area is 124 Å². The lowest BCUT2D eigenvalue weighted by Crippen LogP contribution is -2.24. The minimum absolute atomic E-state index is 0.175. The van der Waals surface area contributed by atoms with Gasteiger partial charge in [0, 0.05) is 31.2 Å². The average molecular weight is 312 g/mol. The number of aromatic amines is 1. The molecule has 0 spiro atoms. The molecule has 2 aromatic heterocycles. The number of hydrogen-bond donors (Lipinski definition) is 3. The summed E-state index contributed by atoms with van der Waals surface area (Å²) in [5.74, 6) is 0. The van der Waals surface area contributed by atoms with Crippen molar-refractivity contribution in [1.82, 2.24) is 19.5 Å². The first kappa shape index (κ1) is 15.7. The van der Waals surface area contributed by atoms with E-state index in [1.807, 2.05) is 6.92 Å². The molecule has 21 heavy (non-hydrogen) atoms. The molecule has 8 heteroatoms. The quantitative estimate of drug-likeness (QED) is 0.647. The molecule has 7 nitrogen and oxygen atoms in total. The van der Waals surface area contributed by atoms with Crippen molar-refractivity contribution < 1.29 is 13.5 Å². The first-order valence-electron chi connectivity index (χ1n) is 6.68. The van der Waals surface area contributed by atoms with Gasteiger partial charge in [0.1, 0.15) is 0 Å². The standard InChI is InChI=1S/C13H20N4O3S/c1-10-11(7-14-16-10)4-3-5-15-21(19,20)13-6-12(9-18)17(2)8-13/h6-8,15,18H,3-5,9H2,1-2H3,(H,14,16). The molecule has 3 N–H and O–H groups in total. The first-order valence-corrected chi connectivity index (χ1v) is 8.17. The van der Waals surface area contributed by atoms with Crippen molar-refractivity contribution >= 4 is 10.0 Å². The van der Waals surface area contributed by atoms with Gasteiger partial charge >= 0.3 is 0 Å². The van der Waals surface area contributed by atoms with Crippen molar-refractivity contribution in [1.29, 1.82) is 0 Å². The van der Waals surface area contributed by atoms with Gasteiger partial charge in [0.2, 0.25) is 10.0 Å². The van der Waals surface area contributed by atoms with Gasteiger partial charge in [-0.2, -0.15) is 5.10 Å². The van der Waals surface area contributed by atoms with Crippen molar-refractivity contribution in [2.24, 2.45) is 7.05 Å². The maximum Gasteiger partial charge on any atom is 0.242 e. The zero-order valence-electron chi connectivity index (χ0n) is 12.1. The third-order valence-corrected chi connectivity index (χ3v) is 4.83. The third-order valence-electron chi connectivity index (χ3n) is 3.40. The van der Waals surface area contributed by atoms with Crippen LogP contribution in [0.25, 0.3) is 0 Å². The van der Waals surface area contributed by atoms with Gasteiger partial charge in [-0.3, -0.25) is 5.10 Å². The number of sulfonamides is 1. The van der Waals surface area contributed by atoms with Gasteiger partial charge in [-0.1, -0.05) is 0 Å². The van der Waals surface area contributed by atoms with Crippen molar-refractivity contribution in [2.45, 2.75) is 31.3 Å². The van der Waals surface area contributed by atoms with E-state index in [1.165, 1.54) is 12.3 Å². The number of rotatable bonds is 7. The summed E-state index contributed by atoms with van der Waals surface area (Å²) in [7, 11) is -1.83. The molecule has 0 unspecified atom stereocenters. The van der Waals surface area contributed by atoms with Gasteiger partial charge in [0.05, 0.1) is 17.7 Å². The van der Waals surface area contributed by atoms with Crippen LogP contribution in [0.2, 0.25) is 0 Å². The monoisotopic (exact) mass is 312 g/mol. The molecule has 0 atom stereocenters. The molecule has 0 radical (unpaired) electrons. The molecule has 0 saturated heterocycles. The van der Waals surface area contributed by atoms with Crippen LogP contribution < -0.4 is 4.72 Å². The summed E-state index contributed by atoms with van der Waals surface area (Å²) in [6, 6.07) is 1.47. The number of aliphatic hydroxyl groups is 1. The largest absolute Gasteiger partial charge is 0.390 e. The molecule has 0 bridgehead atoms. The van der Waals surface area contributed by atoms with E-state index in [2.05, 4.69) is 14.9 Å². The Kier molecular flexibility index (Phi) is 4.81. The number of aryl methyl sites for hydroxylation is 3. The lowest BCUT2D eigenvalue weighted by atomic mass is 10.1. The lowest BCUT2D eigenvalue weighted by Gasteiger charge is -2.04. The number of hydrogen-bond acceptors (Lipinski definition) is 4. The molecule has 0 amide bonds. The molecule has 0 aliphatic heterocycles. The molecule has 2 rings (SSSR count). The van der Waals surface area contributed by atoms with Gasteiger partial charge in [-0.05, 0) is 31.4 Å². The lowest BCUT2D eigenvalue weighted by molar-refractivity contribution is 0.272. The summed E-state index contributed by atoms with van der Waals surface area (Å²) in [5.41, 5.74) is 2.66. The molecular formula is C13H20N4O3S. The summed E-state index contributed by atoms with van der Waals surface area (Å²) >= 11 is 0. The van der Waals surface area contributed by atoms with E-state index >= 15 is 0 Å². The summed E-state index contributed by atoms with van der Waals surface area (Å²) < 4.78 is 28.4. The maximum atomic E-state index is 12.1. The second-order valence-electron chi connectivity index (χ2n) is 4.96. The molecule has 0 saturated carbocycles. The first-order chi connectivity index (χ1) is 9.94. The molecule has 2 heterocycles. The Hall–Kier alpha value is -1.64. The van der Waals surface area contributed by atoms with E-state index in [-0.39, 0.29) is 11.5 Å². The summed E-state index contributed by atoms with van der Waals surface area (Å²) in [6.45, 7) is 2.11. The number of H-pyrrole nitrogens is 1. The van der Waals surface area contributed by atoms with Crippen LogP contribution in [-0.4, -0.2) is 34.8 Å². The minimum Gasteiger partial charge on any atom is -0.390 e. The summed E-state index contributed by atoms with van der Waals surface area (Å²) in [6.07, 6.45) is 4.71. The van der Waals surface area contributed by atoms with Crippen LogP contribution in [0.4, 0.5) is 0 Å². The molecular weight excluding hydrogens is 292 g/mol. The van der Waals surface area contributed by atoms with Gasteiger partial charge in [0.15, 0.2) is 0 Å². The third kappa shape index (κ3) is 3.72. The van der Waals surface area contributed by atoms with Gasteiger partial charge < -0.3 is 9.67 Å². The van der Waals surface area contributed by atoms with Crippen LogP contribution in [-0.2, 0) is 30.1 Å². The average Bonchev–Trinajstić information content (AvgIpc) is 3.01. The van der Waals surface area contributed by atoms with Crippen molar-refractivity contribution in [3.05, 3.63) is 35.4 Å². The van der Waals surface area contributed by atoms with Crippen LogP contribution >= 0.6 is 0 Å². The van der Waals surface area contributed by atoms with Crippen molar-refractivity contribution in [3.63, 3.8) is 0 Å². The van der Waals surface area contributed by atoms with E-state index < -0.39 is 10.0 Å². The zero-order chi connectivity index (χ0) is 15.5. The maximum absolute atomic E-state index is 12.1. The Bertz CT molecular complexity index is 703.